The van der Waals surface area contributed by atoms with Crippen LogP contribution in [-0.4, -0.2) is 45.4 Å². The van der Waals surface area contributed by atoms with E-state index in [2.05, 4.69) is 46.5 Å². The van der Waals surface area contributed by atoms with Crippen LogP contribution in [0, 0.1) is 0 Å². The fourth-order valence-electron chi connectivity index (χ4n) is 3.97. The second-order valence-electron chi connectivity index (χ2n) is 9.92. The summed E-state index contributed by atoms with van der Waals surface area (Å²) in [6.07, 6.45) is 3.20. The van der Waals surface area contributed by atoms with Gasteiger partial charge in [0, 0.05) is 5.56 Å². The number of hydrogen-bond donors (Lipinski definition) is 0. The Morgan fingerprint density at radius 2 is 1.77 bits per heavy atom. The van der Waals surface area contributed by atoms with Crippen LogP contribution in [0.4, 0.5) is 0 Å². The van der Waals surface area contributed by atoms with Gasteiger partial charge in [-0.1, -0.05) is 63.8 Å². The Morgan fingerprint density at radius 3 is 2.47 bits per heavy atom. The van der Waals surface area contributed by atoms with E-state index in [1.807, 2.05) is 36.4 Å². The summed E-state index contributed by atoms with van der Waals surface area (Å²) in [5.74, 6) is 0.639. The molecule has 3 aliphatic rings. The van der Waals surface area contributed by atoms with Crippen LogP contribution in [-0.2, 0) is 23.4 Å². The Labute approximate surface area is 181 Å². The molecule has 3 heterocycles. The Kier molecular flexibility index (Phi) is 5.98. The standard InChI is InChI=1S/C24H34O5Si/c1-16-11-10-14-18-20(26-16)22(29-30(5,6)24(2,3)4)21-19(27-18)15-25-23(28-21)17-12-8-7-9-13-17/h7-13,18-23H,1,14-15H2,2-6H3/t18-,19+,20-,21+,22+,23+/m0/s1. The summed E-state index contributed by atoms with van der Waals surface area (Å²) in [6.45, 7) is 15.8. The molecule has 30 heavy (non-hydrogen) atoms. The highest BCUT2D eigenvalue weighted by atomic mass is 28.4. The molecule has 0 N–H and O–H groups in total. The van der Waals surface area contributed by atoms with Gasteiger partial charge in [0.1, 0.15) is 30.2 Å². The summed E-state index contributed by atoms with van der Waals surface area (Å²) in [6, 6.07) is 10.0. The maximum Gasteiger partial charge on any atom is 0.192 e. The van der Waals surface area contributed by atoms with Crippen molar-refractivity contribution in [1.29, 1.82) is 0 Å². The number of ether oxygens (including phenoxy) is 4. The summed E-state index contributed by atoms with van der Waals surface area (Å²) in [7, 11) is -2.09. The van der Waals surface area contributed by atoms with E-state index in [1.165, 1.54) is 0 Å². The Morgan fingerprint density at radius 1 is 1.03 bits per heavy atom. The summed E-state index contributed by atoms with van der Waals surface area (Å²) in [4.78, 5) is 0. The third-order valence-corrected chi connectivity index (χ3v) is 11.2. The molecule has 2 saturated heterocycles. The molecule has 4 rings (SSSR count). The maximum atomic E-state index is 6.95. The lowest BCUT2D eigenvalue weighted by atomic mass is 9.92. The zero-order valence-corrected chi connectivity index (χ0v) is 19.7. The molecule has 1 aromatic carbocycles. The lowest BCUT2D eigenvalue weighted by molar-refractivity contribution is -0.326. The lowest BCUT2D eigenvalue weighted by Crippen LogP contribution is -2.65. The molecule has 6 atom stereocenters. The summed E-state index contributed by atoms with van der Waals surface area (Å²) >= 11 is 0. The number of fused-ring (bicyclic) bond motifs is 2. The van der Waals surface area contributed by atoms with Crippen LogP contribution in [0.25, 0.3) is 0 Å². The van der Waals surface area contributed by atoms with E-state index in [0.717, 1.165) is 12.0 Å². The van der Waals surface area contributed by atoms with Gasteiger partial charge in [-0.15, -0.1) is 0 Å². The molecule has 0 radical (unpaired) electrons. The molecule has 164 valence electrons. The van der Waals surface area contributed by atoms with Crippen molar-refractivity contribution in [2.75, 3.05) is 6.61 Å². The zero-order chi connectivity index (χ0) is 21.5. The van der Waals surface area contributed by atoms with Crippen LogP contribution in [0.5, 0.6) is 0 Å². The van der Waals surface area contributed by atoms with Gasteiger partial charge in [-0.3, -0.25) is 0 Å². The molecule has 0 bridgehead atoms. The summed E-state index contributed by atoms with van der Waals surface area (Å²) in [5, 5.41) is 0.0697. The van der Waals surface area contributed by atoms with E-state index in [1.54, 1.807) is 0 Å². The Bertz CT molecular complexity index is 785. The molecule has 0 saturated carbocycles. The highest BCUT2D eigenvalue weighted by molar-refractivity contribution is 6.74. The van der Waals surface area contributed by atoms with Gasteiger partial charge < -0.3 is 23.4 Å². The third kappa shape index (κ3) is 4.29. The second kappa shape index (κ2) is 8.24. The molecule has 6 heteroatoms. The van der Waals surface area contributed by atoms with E-state index < -0.39 is 14.6 Å². The second-order valence-corrected chi connectivity index (χ2v) is 14.7. The SMILES string of the molecule is C=C1C=CC[C@@H]2O[C@@H]3CO[C@@H](c4ccccc4)O[C@H]3[C@H](O[Si](C)(C)C(C)(C)C)[C@H]2O1. The number of hydrogen-bond acceptors (Lipinski definition) is 5. The topological polar surface area (TPSA) is 46.2 Å². The molecule has 0 spiro atoms. The molecule has 0 aromatic heterocycles. The van der Waals surface area contributed by atoms with Gasteiger partial charge in [-0.2, -0.15) is 0 Å². The Hall–Kier alpha value is -1.44. The fourth-order valence-corrected chi connectivity index (χ4v) is 5.27. The fraction of sp³-hybridized carbons (Fsp3) is 0.583. The molecule has 0 unspecified atom stereocenters. The summed E-state index contributed by atoms with van der Waals surface area (Å²) in [5.41, 5.74) is 0.997. The Balaban J connectivity index is 1.65. The first-order valence-electron chi connectivity index (χ1n) is 10.8. The van der Waals surface area contributed by atoms with Crippen molar-refractivity contribution in [3.8, 4) is 0 Å². The van der Waals surface area contributed by atoms with Gasteiger partial charge in [0.15, 0.2) is 20.7 Å². The van der Waals surface area contributed by atoms with Crippen molar-refractivity contribution in [2.45, 2.75) is 82.1 Å². The first-order chi connectivity index (χ1) is 14.2. The normalized spacial score (nSPS) is 34.5. The average Bonchev–Trinajstić information content (AvgIpc) is 2.88. The van der Waals surface area contributed by atoms with Gasteiger partial charge in [0.05, 0.1) is 6.61 Å². The molecule has 0 amide bonds. The van der Waals surface area contributed by atoms with Crippen molar-refractivity contribution in [2.24, 2.45) is 0 Å². The van der Waals surface area contributed by atoms with Crippen LogP contribution in [0.3, 0.4) is 0 Å². The first-order valence-corrected chi connectivity index (χ1v) is 13.7. The highest BCUT2D eigenvalue weighted by Gasteiger charge is 2.54. The van der Waals surface area contributed by atoms with Gasteiger partial charge in [-0.25, -0.2) is 0 Å². The smallest absolute Gasteiger partial charge is 0.192 e. The molecule has 0 aliphatic carbocycles. The van der Waals surface area contributed by atoms with Crippen LogP contribution in [0.15, 0.2) is 54.8 Å². The van der Waals surface area contributed by atoms with Crippen molar-refractivity contribution >= 4 is 8.32 Å². The predicted molar refractivity (Wildman–Crippen MR) is 119 cm³/mol. The number of benzene rings is 1. The maximum absolute atomic E-state index is 6.95. The van der Waals surface area contributed by atoms with Crippen molar-refractivity contribution < 1.29 is 23.4 Å². The van der Waals surface area contributed by atoms with E-state index in [9.17, 15) is 0 Å². The number of allylic oxidation sites excluding steroid dienone is 1. The highest BCUT2D eigenvalue weighted by Crippen LogP contribution is 2.43. The van der Waals surface area contributed by atoms with Crippen LogP contribution < -0.4 is 0 Å². The van der Waals surface area contributed by atoms with Gasteiger partial charge in [0.2, 0.25) is 0 Å². The molecular weight excluding hydrogens is 396 g/mol. The largest absolute Gasteiger partial charge is 0.486 e. The third-order valence-electron chi connectivity index (χ3n) is 6.69. The molecule has 3 aliphatic heterocycles. The van der Waals surface area contributed by atoms with Gasteiger partial charge in [-0.05, 0) is 30.6 Å². The van der Waals surface area contributed by atoms with E-state index in [-0.39, 0.29) is 35.6 Å². The van der Waals surface area contributed by atoms with Crippen LogP contribution in [0.2, 0.25) is 18.1 Å². The molecule has 1 aromatic rings. The molecular formula is C24H34O5Si. The molecule has 2 fully saturated rings. The first kappa shape index (κ1) is 21.8. The minimum Gasteiger partial charge on any atom is -0.486 e. The van der Waals surface area contributed by atoms with Crippen molar-refractivity contribution in [3.63, 3.8) is 0 Å². The van der Waals surface area contributed by atoms with E-state index >= 15 is 0 Å². The lowest BCUT2D eigenvalue weighted by Gasteiger charge is -2.52. The predicted octanol–water partition coefficient (Wildman–Crippen LogP) is 5.12. The minimum atomic E-state index is -2.09. The van der Waals surface area contributed by atoms with Crippen molar-refractivity contribution in [3.05, 3.63) is 60.4 Å². The quantitative estimate of drug-likeness (QED) is 0.623. The van der Waals surface area contributed by atoms with E-state index in [4.69, 9.17) is 23.4 Å². The molecule has 5 nitrogen and oxygen atoms in total. The van der Waals surface area contributed by atoms with Gasteiger partial charge >= 0.3 is 0 Å². The van der Waals surface area contributed by atoms with Crippen molar-refractivity contribution in [1.82, 2.24) is 0 Å². The zero-order valence-electron chi connectivity index (χ0n) is 18.7. The monoisotopic (exact) mass is 430 g/mol. The van der Waals surface area contributed by atoms with E-state index in [0.29, 0.717) is 12.4 Å². The van der Waals surface area contributed by atoms with Gasteiger partial charge in [0.25, 0.3) is 0 Å². The minimum absolute atomic E-state index is 0.0697. The summed E-state index contributed by atoms with van der Waals surface area (Å²) < 4.78 is 32.1. The van der Waals surface area contributed by atoms with Crippen LogP contribution in [0.1, 0.15) is 39.0 Å². The number of rotatable bonds is 3. The average molecular weight is 431 g/mol. The van der Waals surface area contributed by atoms with Crippen LogP contribution >= 0.6 is 0 Å².